The number of sulfone groups is 2. The fourth-order valence-electron chi connectivity index (χ4n) is 0.863. The normalized spacial score (nSPS) is 16.7. The van der Waals surface area contributed by atoms with Gasteiger partial charge in [0.15, 0.2) is 0 Å². The molecule has 0 aliphatic heterocycles. The molecule has 0 bridgehead atoms. The third-order valence-electron chi connectivity index (χ3n) is 1.67. The molecule has 13 heteroatoms. The molecule has 19 heavy (non-hydrogen) atoms. The lowest BCUT2D eigenvalue weighted by Gasteiger charge is -2.32. The van der Waals surface area contributed by atoms with E-state index in [2.05, 4.69) is 0 Å². The minimum absolute atomic E-state index is 0.637. The van der Waals surface area contributed by atoms with Crippen LogP contribution in [-0.4, -0.2) is 39.1 Å². The van der Waals surface area contributed by atoms with Crippen molar-refractivity contribution in [2.45, 2.75) is 30.5 Å². The molecule has 1 atom stereocenters. The second-order valence-corrected chi connectivity index (χ2v) is 7.51. The molecule has 0 aliphatic carbocycles. The maximum atomic E-state index is 12.1. The summed E-state index contributed by atoms with van der Waals surface area (Å²) in [5.74, 6) is 0. The lowest BCUT2D eigenvalue weighted by Crippen LogP contribution is -2.40. The molecule has 0 saturated carbocycles. The number of aliphatic hydroxyl groups excluding tert-OH is 1. The summed E-state index contributed by atoms with van der Waals surface area (Å²) in [5, 5.41) is 8.70. The molecule has 1 unspecified atom stereocenters. The van der Waals surface area contributed by atoms with Gasteiger partial charge in [-0.1, -0.05) is 4.58 Å². The smallest absolute Gasteiger partial charge is 0.396 e. The molecule has 0 amide bonds. The zero-order chi connectivity index (χ0) is 15.9. The summed E-state index contributed by atoms with van der Waals surface area (Å²) in [7, 11) is -13.5. The van der Waals surface area contributed by atoms with Crippen LogP contribution in [0.3, 0.4) is 0 Å². The van der Waals surface area contributed by atoms with Crippen molar-refractivity contribution in [1.29, 1.82) is 0 Å². The summed E-state index contributed by atoms with van der Waals surface area (Å²) in [6, 6.07) is 0. The Morgan fingerprint density at radius 1 is 0.947 bits per heavy atom. The summed E-state index contributed by atoms with van der Waals surface area (Å²) in [5.41, 5.74) is -12.5. The van der Waals surface area contributed by atoms with E-state index in [1.54, 1.807) is 0 Å². The van der Waals surface area contributed by atoms with Crippen molar-refractivity contribution < 1.29 is 48.3 Å². The van der Waals surface area contributed by atoms with E-state index < -0.39 is 47.8 Å². The van der Waals surface area contributed by atoms with Gasteiger partial charge in [0, 0.05) is 6.10 Å². The Labute approximate surface area is 104 Å². The van der Waals surface area contributed by atoms with Crippen molar-refractivity contribution in [3.8, 4) is 0 Å². The third-order valence-corrected chi connectivity index (χ3v) is 5.74. The van der Waals surface area contributed by atoms with Crippen molar-refractivity contribution in [3.63, 3.8) is 0 Å². The Balaban J connectivity index is 6.05. The van der Waals surface area contributed by atoms with Gasteiger partial charge in [-0.25, -0.2) is 0 Å². The van der Waals surface area contributed by atoms with Crippen LogP contribution >= 0.6 is 0 Å². The van der Waals surface area contributed by atoms with Crippen molar-refractivity contribution in [1.82, 2.24) is 0 Å². The highest BCUT2D eigenvalue weighted by Gasteiger charge is 2.53. The van der Waals surface area contributed by atoms with Gasteiger partial charge < -0.3 is 5.11 Å². The van der Waals surface area contributed by atoms with Crippen molar-refractivity contribution in [2.75, 3.05) is 0 Å². The molecule has 0 spiro atoms. The average Bonchev–Trinajstić information content (AvgIpc) is 2.09. The lowest BCUT2D eigenvalue weighted by molar-refractivity contribution is -0.0458. The first kappa shape index (κ1) is 18.4. The summed E-state index contributed by atoms with van der Waals surface area (Å²) < 4.78 is 113. The Hall–Kier alpha value is -0.560. The van der Waals surface area contributed by atoms with E-state index in [1.807, 2.05) is 0 Å². The van der Waals surface area contributed by atoms with Gasteiger partial charge in [0.25, 0.3) is 0 Å². The zero-order valence-corrected chi connectivity index (χ0v) is 10.6. The predicted octanol–water partition coefficient (Wildman–Crippen LogP) is 1.12. The molecule has 0 rings (SSSR count). The fourth-order valence-corrected chi connectivity index (χ4v) is 4.02. The van der Waals surface area contributed by atoms with Gasteiger partial charge in [0.2, 0.25) is 0 Å². The van der Waals surface area contributed by atoms with Crippen LogP contribution in [0.25, 0.3) is 0 Å². The zero-order valence-electron chi connectivity index (χ0n) is 8.95. The molecule has 0 heterocycles. The lowest BCUT2D eigenvalue weighted by atomic mass is 10.3. The summed E-state index contributed by atoms with van der Waals surface area (Å²) in [6.07, 6.45) is -3.87. The van der Waals surface area contributed by atoms with Gasteiger partial charge in [-0.2, -0.15) is 26.3 Å². The second-order valence-electron chi connectivity index (χ2n) is 3.32. The van der Waals surface area contributed by atoms with Crippen LogP contribution in [-0.2, 0) is 19.7 Å². The highest BCUT2D eigenvalue weighted by molar-refractivity contribution is 8.13. The summed E-state index contributed by atoms with van der Waals surface area (Å²) >= 11 is 0. The minimum atomic E-state index is -6.73. The van der Waals surface area contributed by atoms with Gasteiger partial charge in [0.1, 0.15) is 19.7 Å². The van der Waals surface area contributed by atoms with Gasteiger partial charge in [-0.05, 0) is 6.92 Å². The molecule has 116 valence electrons. The molecule has 5 nitrogen and oxygen atoms in total. The SMILES string of the molecule is CC(O)C[C-](S(=O)(=O)C(F)(F)F)S(=O)(=O)C(F)(F)F. The van der Waals surface area contributed by atoms with Crippen LogP contribution in [0, 0.1) is 4.58 Å². The molecule has 0 saturated heterocycles. The third kappa shape index (κ3) is 3.72. The van der Waals surface area contributed by atoms with E-state index in [-0.39, 0.29) is 0 Å². The maximum absolute atomic E-state index is 12.1. The molecule has 0 radical (unpaired) electrons. The highest BCUT2D eigenvalue weighted by atomic mass is 32.3. The Morgan fingerprint density at radius 3 is 1.37 bits per heavy atom. The van der Waals surface area contributed by atoms with Gasteiger partial charge in [-0.3, -0.25) is 16.8 Å². The van der Waals surface area contributed by atoms with E-state index in [0.717, 1.165) is 0 Å². The van der Waals surface area contributed by atoms with Gasteiger partial charge in [0.05, 0.1) is 0 Å². The van der Waals surface area contributed by atoms with Gasteiger partial charge >= 0.3 is 11.0 Å². The quantitative estimate of drug-likeness (QED) is 0.613. The molecule has 0 aromatic heterocycles. The van der Waals surface area contributed by atoms with E-state index in [1.165, 1.54) is 0 Å². The van der Waals surface area contributed by atoms with Crippen LogP contribution in [0.2, 0.25) is 0 Å². The number of aliphatic hydroxyl groups is 1. The molecule has 0 fully saturated rings. The topological polar surface area (TPSA) is 88.5 Å². The van der Waals surface area contributed by atoms with Crippen molar-refractivity contribution >= 4 is 19.7 Å². The number of hydrogen-bond donors (Lipinski definition) is 1. The second kappa shape index (κ2) is 5.09. The van der Waals surface area contributed by atoms with Crippen molar-refractivity contribution in [2.24, 2.45) is 0 Å². The standard InChI is InChI=1S/C6H7F6O5S2/c1-3(13)2-4(18(14,15)5(7,8)9)19(16,17)6(10,11)12/h3,13H,2H2,1H3/q-1. The van der Waals surface area contributed by atoms with E-state index in [4.69, 9.17) is 5.11 Å². The molecular formula is C6H7F6O5S2-. The highest BCUT2D eigenvalue weighted by Crippen LogP contribution is 2.42. The Morgan fingerprint density at radius 2 is 1.21 bits per heavy atom. The maximum Gasteiger partial charge on any atom is 0.469 e. The first-order valence-corrected chi connectivity index (χ1v) is 7.18. The Bertz CT molecular complexity index is 469. The van der Waals surface area contributed by atoms with Gasteiger partial charge in [-0.15, -0.1) is 6.42 Å². The van der Waals surface area contributed by atoms with Crippen LogP contribution < -0.4 is 0 Å². The first-order chi connectivity index (χ1) is 8.05. The molecule has 0 aromatic rings. The number of halogens is 6. The molecule has 0 aliphatic rings. The predicted molar refractivity (Wildman–Crippen MR) is 49.5 cm³/mol. The van der Waals surface area contributed by atoms with Crippen LogP contribution in [0.4, 0.5) is 26.3 Å². The number of alkyl halides is 6. The number of rotatable bonds is 4. The van der Waals surface area contributed by atoms with Crippen LogP contribution in [0.5, 0.6) is 0 Å². The minimum Gasteiger partial charge on any atom is -0.396 e. The summed E-state index contributed by atoms with van der Waals surface area (Å²) in [4.78, 5) is 0. The van der Waals surface area contributed by atoms with Crippen LogP contribution in [0.1, 0.15) is 13.3 Å². The van der Waals surface area contributed by atoms with Crippen LogP contribution in [0.15, 0.2) is 0 Å². The summed E-state index contributed by atoms with van der Waals surface area (Å²) in [6.45, 7) is 0.637. The van der Waals surface area contributed by atoms with E-state index in [0.29, 0.717) is 6.92 Å². The molecule has 1 N–H and O–H groups in total. The fraction of sp³-hybridized carbons (Fsp3) is 0.833. The monoisotopic (exact) mass is 337 g/mol. The average molecular weight is 337 g/mol. The van der Waals surface area contributed by atoms with Crippen molar-refractivity contribution in [3.05, 3.63) is 4.58 Å². The number of hydrogen-bond acceptors (Lipinski definition) is 5. The Kier molecular flexibility index (Phi) is 4.94. The first-order valence-electron chi connectivity index (χ1n) is 4.21. The largest absolute Gasteiger partial charge is 0.469 e. The molecular weight excluding hydrogens is 330 g/mol. The molecule has 0 aromatic carbocycles. The van der Waals surface area contributed by atoms with E-state index in [9.17, 15) is 43.2 Å². The van der Waals surface area contributed by atoms with E-state index >= 15 is 0 Å².